The second-order valence-corrected chi connectivity index (χ2v) is 5.80. The number of nitrogen functional groups attached to an aromatic ring is 1. The third-order valence-corrected chi connectivity index (χ3v) is 4.42. The Morgan fingerprint density at radius 2 is 1.71 bits per heavy atom. The van der Waals surface area contributed by atoms with Crippen LogP contribution in [0, 0.1) is 0 Å². The van der Waals surface area contributed by atoms with Crippen LogP contribution in [0.1, 0.15) is 36.0 Å². The van der Waals surface area contributed by atoms with Crippen molar-refractivity contribution < 1.29 is 9.53 Å². The topological polar surface area (TPSA) is 58.8 Å². The van der Waals surface area contributed by atoms with Crippen molar-refractivity contribution in [1.29, 1.82) is 0 Å². The van der Waals surface area contributed by atoms with Crippen molar-refractivity contribution in [2.45, 2.75) is 25.7 Å². The molecule has 2 aliphatic heterocycles. The molecule has 0 aliphatic carbocycles. The molecule has 0 unspecified atom stereocenters. The van der Waals surface area contributed by atoms with Crippen molar-refractivity contribution >= 4 is 17.3 Å². The van der Waals surface area contributed by atoms with Gasteiger partial charge in [0.15, 0.2) is 0 Å². The van der Waals surface area contributed by atoms with Crippen LogP contribution in [-0.2, 0) is 0 Å². The largest absolute Gasteiger partial charge is 0.495 e. The molecule has 2 fully saturated rings. The minimum atomic E-state index is 0.0492. The number of nitrogens with zero attached hydrogens (tertiary/aromatic N) is 2. The molecule has 2 aliphatic rings. The minimum Gasteiger partial charge on any atom is -0.495 e. The lowest BCUT2D eigenvalue weighted by Gasteiger charge is -2.23. The van der Waals surface area contributed by atoms with Gasteiger partial charge in [0, 0.05) is 37.9 Å². The number of likely N-dealkylation sites (tertiary alicyclic amines) is 1. The molecule has 21 heavy (non-hydrogen) atoms. The van der Waals surface area contributed by atoms with E-state index in [0.717, 1.165) is 50.5 Å². The average molecular weight is 289 g/mol. The summed E-state index contributed by atoms with van der Waals surface area (Å²) in [5.74, 6) is 0.806. The van der Waals surface area contributed by atoms with Crippen LogP contribution in [0.5, 0.6) is 5.75 Å². The Balaban J connectivity index is 1.95. The molecule has 1 aromatic rings. The van der Waals surface area contributed by atoms with E-state index in [1.165, 1.54) is 12.8 Å². The summed E-state index contributed by atoms with van der Waals surface area (Å²) < 4.78 is 5.45. The quantitative estimate of drug-likeness (QED) is 0.866. The molecule has 2 N–H and O–H groups in total. The number of hydrogen-bond acceptors (Lipinski definition) is 4. The first kappa shape index (κ1) is 14.0. The van der Waals surface area contributed by atoms with E-state index in [9.17, 15) is 4.79 Å². The van der Waals surface area contributed by atoms with Crippen LogP contribution in [0.4, 0.5) is 11.4 Å². The van der Waals surface area contributed by atoms with Crippen LogP contribution in [0.3, 0.4) is 0 Å². The smallest absolute Gasteiger partial charge is 0.256 e. The highest BCUT2D eigenvalue weighted by atomic mass is 16.5. The monoisotopic (exact) mass is 289 g/mol. The summed E-state index contributed by atoms with van der Waals surface area (Å²) in [4.78, 5) is 16.8. The minimum absolute atomic E-state index is 0.0492. The van der Waals surface area contributed by atoms with Crippen molar-refractivity contribution in [3.8, 4) is 5.75 Å². The number of benzene rings is 1. The Bertz CT molecular complexity index is 533. The predicted molar refractivity (Wildman–Crippen MR) is 84.0 cm³/mol. The molecule has 1 aromatic carbocycles. The zero-order valence-electron chi connectivity index (χ0n) is 12.6. The summed E-state index contributed by atoms with van der Waals surface area (Å²) in [7, 11) is 1.65. The van der Waals surface area contributed by atoms with Crippen LogP contribution >= 0.6 is 0 Å². The molecular weight excluding hydrogens is 266 g/mol. The van der Waals surface area contributed by atoms with Gasteiger partial charge >= 0.3 is 0 Å². The van der Waals surface area contributed by atoms with Crippen LogP contribution in [0.15, 0.2) is 12.1 Å². The summed E-state index contributed by atoms with van der Waals surface area (Å²) in [5, 5.41) is 0. The lowest BCUT2D eigenvalue weighted by Crippen LogP contribution is -2.29. The van der Waals surface area contributed by atoms with Gasteiger partial charge in [-0.15, -0.1) is 0 Å². The fourth-order valence-electron chi connectivity index (χ4n) is 3.23. The van der Waals surface area contributed by atoms with Crippen molar-refractivity contribution in [3.05, 3.63) is 17.7 Å². The van der Waals surface area contributed by atoms with E-state index in [-0.39, 0.29) is 5.91 Å². The summed E-state index contributed by atoms with van der Waals surface area (Å²) in [6.07, 6.45) is 4.54. The Hall–Kier alpha value is -1.91. The Morgan fingerprint density at radius 1 is 1.10 bits per heavy atom. The summed E-state index contributed by atoms with van der Waals surface area (Å²) in [6.45, 7) is 3.70. The van der Waals surface area contributed by atoms with Gasteiger partial charge < -0.3 is 20.3 Å². The highest BCUT2D eigenvalue weighted by molar-refractivity contribution is 6.01. The number of anilines is 2. The highest BCUT2D eigenvalue weighted by Crippen LogP contribution is 2.35. The maximum Gasteiger partial charge on any atom is 0.256 e. The number of methoxy groups -OCH3 is 1. The lowest BCUT2D eigenvalue weighted by atomic mass is 10.1. The first-order chi connectivity index (χ1) is 10.2. The number of hydrogen-bond donors (Lipinski definition) is 1. The standard InChI is InChI=1S/C16H23N3O2/c1-21-15-11-13(17)12(16(20)19-8-4-5-9-19)10-14(15)18-6-2-3-7-18/h10-11H,2-9,17H2,1H3. The molecule has 0 radical (unpaired) electrons. The number of carbonyl (C=O) groups excluding carboxylic acids is 1. The summed E-state index contributed by atoms with van der Waals surface area (Å²) >= 11 is 0. The van der Waals surface area contributed by atoms with E-state index in [1.807, 2.05) is 11.0 Å². The maximum atomic E-state index is 12.6. The second-order valence-electron chi connectivity index (χ2n) is 5.80. The SMILES string of the molecule is COc1cc(N)c(C(=O)N2CCCC2)cc1N1CCCC1. The Morgan fingerprint density at radius 3 is 2.33 bits per heavy atom. The van der Waals surface area contributed by atoms with Crippen LogP contribution in [-0.4, -0.2) is 44.1 Å². The third kappa shape index (κ3) is 2.64. The molecule has 1 amide bonds. The van der Waals surface area contributed by atoms with E-state index in [4.69, 9.17) is 10.5 Å². The summed E-state index contributed by atoms with van der Waals surface area (Å²) in [6, 6.07) is 3.71. The molecule has 3 rings (SSSR count). The van der Waals surface area contributed by atoms with E-state index in [0.29, 0.717) is 11.3 Å². The second kappa shape index (κ2) is 5.84. The molecule has 114 valence electrons. The molecule has 5 nitrogen and oxygen atoms in total. The van der Waals surface area contributed by atoms with Crippen molar-refractivity contribution in [2.75, 3.05) is 43.9 Å². The molecular formula is C16H23N3O2. The zero-order chi connectivity index (χ0) is 14.8. The van der Waals surface area contributed by atoms with Gasteiger partial charge in [-0.1, -0.05) is 0 Å². The Labute approximate surface area is 125 Å². The fourth-order valence-corrected chi connectivity index (χ4v) is 3.23. The van der Waals surface area contributed by atoms with Gasteiger partial charge in [0.05, 0.1) is 18.4 Å². The number of nitrogens with two attached hydrogens (primary N) is 1. The predicted octanol–water partition coefficient (Wildman–Crippen LogP) is 2.11. The van der Waals surface area contributed by atoms with Gasteiger partial charge in [-0.25, -0.2) is 0 Å². The van der Waals surface area contributed by atoms with Gasteiger partial charge in [0.25, 0.3) is 5.91 Å². The summed E-state index contributed by atoms with van der Waals surface area (Å²) in [5.41, 5.74) is 8.20. The molecule has 2 saturated heterocycles. The number of amides is 1. The zero-order valence-corrected chi connectivity index (χ0v) is 12.6. The van der Waals surface area contributed by atoms with E-state index in [2.05, 4.69) is 4.90 Å². The van der Waals surface area contributed by atoms with E-state index < -0.39 is 0 Å². The molecule has 0 aromatic heterocycles. The molecule has 0 saturated carbocycles. The lowest BCUT2D eigenvalue weighted by molar-refractivity contribution is 0.0794. The Kier molecular flexibility index (Phi) is 3.90. The molecule has 5 heteroatoms. The molecule has 0 atom stereocenters. The van der Waals surface area contributed by atoms with Crippen LogP contribution < -0.4 is 15.4 Å². The average Bonchev–Trinajstić information content (AvgIpc) is 3.19. The fraction of sp³-hybridized carbons (Fsp3) is 0.562. The first-order valence-electron chi connectivity index (χ1n) is 7.72. The molecule has 0 spiro atoms. The normalized spacial score (nSPS) is 18.3. The van der Waals surface area contributed by atoms with Crippen LogP contribution in [0.2, 0.25) is 0 Å². The number of carbonyl (C=O) groups is 1. The van der Waals surface area contributed by atoms with E-state index >= 15 is 0 Å². The first-order valence-corrected chi connectivity index (χ1v) is 7.72. The third-order valence-electron chi connectivity index (χ3n) is 4.42. The number of rotatable bonds is 3. The van der Waals surface area contributed by atoms with Crippen LogP contribution in [0.25, 0.3) is 0 Å². The molecule has 0 bridgehead atoms. The van der Waals surface area contributed by atoms with Gasteiger partial charge in [-0.2, -0.15) is 0 Å². The molecule has 2 heterocycles. The van der Waals surface area contributed by atoms with Crippen molar-refractivity contribution in [3.63, 3.8) is 0 Å². The van der Waals surface area contributed by atoms with E-state index in [1.54, 1.807) is 13.2 Å². The maximum absolute atomic E-state index is 12.6. The highest BCUT2D eigenvalue weighted by Gasteiger charge is 2.25. The van der Waals surface area contributed by atoms with Crippen molar-refractivity contribution in [2.24, 2.45) is 0 Å². The van der Waals surface area contributed by atoms with Crippen molar-refractivity contribution in [1.82, 2.24) is 4.90 Å². The van der Waals surface area contributed by atoms with Gasteiger partial charge in [0.1, 0.15) is 5.75 Å². The van der Waals surface area contributed by atoms with Gasteiger partial charge in [0.2, 0.25) is 0 Å². The van der Waals surface area contributed by atoms with Gasteiger partial charge in [-0.05, 0) is 31.7 Å². The van der Waals surface area contributed by atoms with Gasteiger partial charge in [-0.3, -0.25) is 4.79 Å². The number of ether oxygens (including phenoxy) is 1.